The van der Waals surface area contributed by atoms with Crippen LogP contribution in [0.5, 0.6) is 0 Å². The van der Waals surface area contributed by atoms with Crippen LogP contribution in [-0.2, 0) is 11.2 Å². The van der Waals surface area contributed by atoms with Crippen LogP contribution in [0.4, 0.5) is 0 Å². The van der Waals surface area contributed by atoms with Crippen LogP contribution >= 0.6 is 0 Å². The molecule has 1 aromatic rings. The molecule has 104 valence electrons. The molecule has 5 heteroatoms. The lowest BCUT2D eigenvalue weighted by Gasteiger charge is -2.24. The van der Waals surface area contributed by atoms with Gasteiger partial charge in [-0.2, -0.15) is 5.10 Å². The molecule has 2 atom stereocenters. The predicted molar refractivity (Wildman–Crippen MR) is 70.6 cm³/mol. The molecule has 1 aromatic heterocycles. The zero-order chi connectivity index (χ0) is 13.2. The van der Waals surface area contributed by atoms with Crippen molar-refractivity contribution in [2.75, 3.05) is 6.61 Å². The van der Waals surface area contributed by atoms with Gasteiger partial charge in [-0.15, -0.1) is 0 Å². The van der Waals surface area contributed by atoms with Crippen molar-refractivity contribution in [2.24, 2.45) is 5.92 Å². The van der Waals surface area contributed by atoms with E-state index < -0.39 is 0 Å². The minimum atomic E-state index is -0.0672. The molecule has 0 radical (unpaired) electrons. The summed E-state index contributed by atoms with van der Waals surface area (Å²) in [4.78, 5) is 12.4. The van der Waals surface area contributed by atoms with Crippen molar-refractivity contribution in [1.29, 1.82) is 0 Å². The smallest absolute Gasteiger partial charge is 0.227 e. The average Bonchev–Trinajstić information content (AvgIpc) is 3.15. The summed E-state index contributed by atoms with van der Waals surface area (Å²) in [7, 11) is 0. The van der Waals surface area contributed by atoms with Gasteiger partial charge >= 0.3 is 0 Å². The van der Waals surface area contributed by atoms with Gasteiger partial charge in [-0.05, 0) is 44.4 Å². The Morgan fingerprint density at radius 3 is 3.11 bits per heavy atom. The maximum absolute atomic E-state index is 12.4. The predicted octanol–water partition coefficient (Wildman–Crippen LogP) is 1.11. The summed E-state index contributed by atoms with van der Waals surface area (Å²) in [6, 6.07) is 0.148. The number of hydrogen-bond acceptors (Lipinski definition) is 3. The molecule has 3 rings (SSSR count). The van der Waals surface area contributed by atoms with Crippen molar-refractivity contribution < 1.29 is 9.90 Å². The molecule has 2 aliphatic rings. The summed E-state index contributed by atoms with van der Waals surface area (Å²) in [6.45, 7) is 0.142. The SMILES string of the molecule is O=C(NC(CCO)C1CC1)C1CCCc2[nH]ncc21. The van der Waals surface area contributed by atoms with Gasteiger partial charge in [-0.3, -0.25) is 9.89 Å². The number of aryl methyl sites for hydroxylation is 1. The highest BCUT2D eigenvalue weighted by Crippen LogP contribution is 2.35. The van der Waals surface area contributed by atoms with E-state index in [0.29, 0.717) is 12.3 Å². The number of amides is 1. The van der Waals surface area contributed by atoms with Crippen molar-refractivity contribution in [2.45, 2.75) is 50.5 Å². The van der Waals surface area contributed by atoms with Crippen LogP contribution in [0.25, 0.3) is 0 Å². The molecule has 0 aliphatic heterocycles. The van der Waals surface area contributed by atoms with Crippen LogP contribution in [0.15, 0.2) is 6.20 Å². The third-order valence-corrected chi connectivity index (χ3v) is 4.32. The third-order valence-electron chi connectivity index (χ3n) is 4.32. The van der Waals surface area contributed by atoms with E-state index >= 15 is 0 Å². The van der Waals surface area contributed by atoms with Crippen LogP contribution in [0.2, 0.25) is 0 Å². The molecule has 1 fully saturated rings. The molecular formula is C14H21N3O2. The van der Waals surface area contributed by atoms with Crippen molar-refractivity contribution >= 4 is 5.91 Å². The van der Waals surface area contributed by atoms with Gasteiger partial charge < -0.3 is 10.4 Å². The number of aromatic nitrogens is 2. The Balaban J connectivity index is 1.67. The molecular weight excluding hydrogens is 242 g/mol. The van der Waals surface area contributed by atoms with Gasteiger partial charge in [-0.1, -0.05) is 0 Å². The van der Waals surface area contributed by atoms with E-state index in [4.69, 9.17) is 5.11 Å². The Hall–Kier alpha value is -1.36. The van der Waals surface area contributed by atoms with E-state index in [0.717, 1.165) is 30.5 Å². The highest BCUT2D eigenvalue weighted by molar-refractivity contribution is 5.84. The fraction of sp³-hybridized carbons (Fsp3) is 0.714. The van der Waals surface area contributed by atoms with Gasteiger partial charge in [0, 0.05) is 23.9 Å². The van der Waals surface area contributed by atoms with Crippen molar-refractivity contribution in [3.63, 3.8) is 0 Å². The molecule has 1 amide bonds. The topological polar surface area (TPSA) is 78.0 Å². The standard InChI is InChI=1S/C14H21N3O2/c18-7-6-12(9-4-5-9)16-14(19)10-2-1-3-13-11(10)8-15-17-13/h8-10,12,18H,1-7H2,(H,15,17)(H,16,19). The number of hydrogen-bond donors (Lipinski definition) is 3. The Morgan fingerprint density at radius 2 is 2.37 bits per heavy atom. The molecule has 2 unspecified atom stereocenters. The Morgan fingerprint density at radius 1 is 1.53 bits per heavy atom. The van der Waals surface area contributed by atoms with Gasteiger partial charge in [0.05, 0.1) is 12.1 Å². The van der Waals surface area contributed by atoms with Crippen molar-refractivity contribution in [3.8, 4) is 0 Å². The van der Waals surface area contributed by atoms with Gasteiger partial charge in [-0.25, -0.2) is 0 Å². The second-order valence-corrected chi connectivity index (χ2v) is 5.71. The monoisotopic (exact) mass is 263 g/mol. The second kappa shape index (κ2) is 5.33. The number of aromatic amines is 1. The number of nitrogens with zero attached hydrogens (tertiary/aromatic N) is 1. The van der Waals surface area contributed by atoms with Crippen LogP contribution in [0.1, 0.15) is 49.3 Å². The largest absolute Gasteiger partial charge is 0.396 e. The lowest BCUT2D eigenvalue weighted by molar-refractivity contribution is -0.123. The van der Waals surface area contributed by atoms with Crippen LogP contribution < -0.4 is 5.32 Å². The molecule has 2 aliphatic carbocycles. The van der Waals surface area contributed by atoms with Gasteiger partial charge in [0.1, 0.15) is 0 Å². The van der Waals surface area contributed by atoms with Crippen molar-refractivity contribution in [1.82, 2.24) is 15.5 Å². The Labute approximate surface area is 112 Å². The van der Waals surface area contributed by atoms with E-state index in [9.17, 15) is 4.79 Å². The van der Waals surface area contributed by atoms with Crippen molar-refractivity contribution in [3.05, 3.63) is 17.5 Å². The normalized spacial score (nSPS) is 23.7. The minimum Gasteiger partial charge on any atom is -0.396 e. The zero-order valence-corrected chi connectivity index (χ0v) is 11.1. The average molecular weight is 263 g/mol. The quantitative estimate of drug-likeness (QED) is 0.744. The Bertz CT molecular complexity index is 453. The molecule has 1 heterocycles. The number of nitrogens with one attached hydrogen (secondary N) is 2. The highest BCUT2D eigenvalue weighted by atomic mass is 16.3. The van der Waals surface area contributed by atoms with Gasteiger partial charge in [0.15, 0.2) is 0 Å². The number of carbonyl (C=O) groups excluding carboxylic acids is 1. The first-order chi connectivity index (χ1) is 9.29. The maximum atomic E-state index is 12.4. The highest BCUT2D eigenvalue weighted by Gasteiger charge is 2.35. The fourth-order valence-corrected chi connectivity index (χ4v) is 3.08. The number of aliphatic hydroxyl groups is 1. The summed E-state index contributed by atoms with van der Waals surface area (Å²) in [5.41, 5.74) is 2.17. The summed E-state index contributed by atoms with van der Waals surface area (Å²) in [6.07, 6.45) is 7.72. The third kappa shape index (κ3) is 2.66. The lowest BCUT2D eigenvalue weighted by Crippen LogP contribution is -2.40. The van der Waals surface area contributed by atoms with E-state index in [1.807, 2.05) is 0 Å². The number of carbonyl (C=O) groups is 1. The lowest BCUT2D eigenvalue weighted by atomic mass is 9.86. The fourth-order valence-electron chi connectivity index (χ4n) is 3.08. The first-order valence-electron chi connectivity index (χ1n) is 7.23. The van der Waals surface area contributed by atoms with E-state index in [2.05, 4.69) is 15.5 Å². The van der Waals surface area contributed by atoms with Crippen LogP contribution in [-0.4, -0.2) is 33.9 Å². The number of fused-ring (bicyclic) bond motifs is 1. The Kier molecular flexibility index (Phi) is 3.55. The summed E-state index contributed by atoms with van der Waals surface area (Å²) in [5, 5.41) is 19.3. The van der Waals surface area contributed by atoms with Crippen LogP contribution in [0.3, 0.4) is 0 Å². The molecule has 0 bridgehead atoms. The molecule has 5 nitrogen and oxygen atoms in total. The van der Waals surface area contributed by atoms with E-state index in [-0.39, 0.29) is 24.5 Å². The molecule has 1 saturated carbocycles. The minimum absolute atomic E-state index is 0.0672. The second-order valence-electron chi connectivity index (χ2n) is 5.71. The number of rotatable bonds is 5. The molecule has 3 N–H and O–H groups in total. The molecule has 0 aromatic carbocycles. The molecule has 19 heavy (non-hydrogen) atoms. The summed E-state index contributed by atoms with van der Waals surface area (Å²) < 4.78 is 0. The van der Waals surface area contributed by atoms with Gasteiger partial charge in [0.25, 0.3) is 0 Å². The van der Waals surface area contributed by atoms with Crippen LogP contribution in [0, 0.1) is 5.92 Å². The zero-order valence-electron chi connectivity index (χ0n) is 11.1. The number of aliphatic hydroxyl groups excluding tert-OH is 1. The maximum Gasteiger partial charge on any atom is 0.227 e. The molecule has 0 spiro atoms. The first kappa shape index (κ1) is 12.7. The summed E-state index contributed by atoms with van der Waals surface area (Å²) >= 11 is 0. The summed E-state index contributed by atoms with van der Waals surface area (Å²) in [5.74, 6) is 0.610. The van der Waals surface area contributed by atoms with E-state index in [1.165, 1.54) is 12.8 Å². The molecule has 0 saturated heterocycles. The van der Waals surface area contributed by atoms with Gasteiger partial charge in [0.2, 0.25) is 5.91 Å². The number of H-pyrrole nitrogens is 1. The van der Waals surface area contributed by atoms with E-state index in [1.54, 1.807) is 6.20 Å². The first-order valence-corrected chi connectivity index (χ1v) is 7.23.